The molecular formula is C14H11Br2ClFN. The number of rotatable bonds is 3. The number of hydrogen-bond donors (Lipinski definition) is 1. The molecule has 1 N–H and O–H groups in total. The first-order valence-electron chi connectivity index (χ1n) is 5.60. The second-order valence-corrected chi connectivity index (χ2v) is 6.18. The molecule has 2 rings (SSSR count). The molecule has 2 aromatic rings. The zero-order valence-corrected chi connectivity index (χ0v) is 14.0. The third-order valence-corrected chi connectivity index (χ3v) is 4.66. The first-order chi connectivity index (χ1) is 9.02. The quantitative estimate of drug-likeness (QED) is 0.727. The molecular weight excluding hydrogens is 396 g/mol. The van der Waals surface area contributed by atoms with Crippen molar-refractivity contribution in [1.29, 1.82) is 0 Å². The summed E-state index contributed by atoms with van der Waals surface area (Å²) >= 11 is 12.6. The summed E-state index contributed by atoms with van der Waals surface area (Å²) in [5, 5.41) is 3.89. The van der Waals surface area contributed by atoms with Gasteiger partial charge in [-0.2, -0.15) is 0 Å². The van der Waals surface area contributed by atoms with E-state index >= 15 is 0 Å². The van der Waals surface area contributed by atoms with Crippen LogP contribution < -0.4 is 5.32 Å². The van der Waals surface area contributed by atoms with Crippen LogP contribution >= 0.6 is 43.5 Å². The van der Waals surface area contributed by atoms with Gasteiger partial charge in [0, 0.05) is 4.47 Å². The van der Waals surface area contributed by atoms with Gasteiger partial charge in [0.1, 0.15) is 5.82 Å². The average molecular weight is 408 g/mol. The summed E-state index contributed by atoms with van der Waals surface area (Å²) in [4.78, 5) is 0. The van der Waals surface area contributed by atoms with E-state index in [2.05, 4.69) is 37.2 Å². The molecule has 0 radical (unpaired) electrons. The van der Waals surface area contributed by atoms with Gasteiger partial charge in [-0.15, -0.1) is 0 Å². The van der Waals surface area contributed by atoms with Gasteiger partial charge in [-0.1, -0.05) is 23.7 Å². The number of halogens is 4. The predicted molar refractivity (Wildman–Crippen MR) is 84.2 cm³/mol. The van der Waals surface area contributed by atoms with Gasteiger partial charge in [-0.3, -0.25) is 0 Å². The zero-order chi connectivity index (χ0) is 14.0. The highest BCUT2D eigenvalue weighted by Gasteiger charge is 2.14. The van der Waals surface area contributed by atoms with Gasteiger partial charge in [-0.05, 0) is 74.3 Å². The minimum Gasteiger partial charge on any atom is -0.309 e. The van der Waals surface area contributed by atoms with Gasteiger partial charge in [0.15, 0.2) is 0 Å². The molecule has 1 atom stereocenters. The largest absolute Gasteiger partial charge is 0.309 e. The van der Waals surface area contributed by atoms with E-state index in [1.807, 2.05) is 25.2 Å². The number of nitrogens with one attached hydrogen (secondary N) is 1. The molecule has 0 aliphatic heterocycles. The minimum absolute atomic E-state index is 0.0227. The summed E-state index contributed by atoms with van der Waals surface area (Å²) in [7, 11) is 1.87. The molecule has 0 saturated heterocycles. The Balaban J connectivity index is 2.43. The molecule has 100 valence electrons. The van der Waals surface area contributed by atoms with E-state index in [1.165, 1.54) is 6.07 Å². The van der Waals surface area contributed by atoms with Crippen LogP contribution in [0.1, 0.15) is 17.2 Å². The van der Waals surface area contributed by atoms with E-state index in [0.717, 1.165) is 15.6 Å². The van der Waals surface area contributed by atoms with Crippen molar-refractivity contribution in [2.24, 2.45) is 0 Å². The highest BCUT2D eigenvalue weighted by Crippen LogP contribution is 2.30. The molecule has 19 heavy (non-hydrogen) atoms. The van der Waals surface area contributed by atoms with Crippen LogP contribution in [-0.4, -0.2) is 7.05 Å². The van der Waals surface area contributed by atoms with Crippen molar-refractivity contribution in [3.05, 3.63) is 67.3 Å². The fourth-order valence-corrected chi connectivity index (χ4v) is 2.82. The molecule has 1 nitrogen and oxygen atoms in total. The molecule has 0 amide bonds. The Labute approximate surface area is 133 Å². The molecule has 0 heterocycles. The summed E-state index contributed by atoms with van der Waals surface area (Å²) in [6.07, 6.45) is 0. The Morgan fingerprint density at radius 1 is 1.05 bits per heavy atom. The van der Waals surface area contributed by atoms with Crippen molar-refractivity contribution < 1.29 is 4.39 Å². The lowest BCUT2D eigenvalue weighted by molar-refractivity contribution is 0.616. The zero-order valence-electron chi connectivity index (χ0n) is 10.1. The normalized spacial score (nSPS) is 12.5. The summed E-state index contributed by atoms with van der Waals surface area (Å²) < 4.78 is 14.6. The highest BCUT2D eigenvalue weighted by atomic mass is 79.9. The lowest BCUT2D eigenvalue weighted by Gasteiger charge is -2.18. The molecule has 0 fully saturated rings. The fourth-order valence-electron chi connectivity index (χ4n) is 1.91. The maximum atomic E-state index is 13.3. The Morgan fingerprint density at radius 2 is 1.63 bits per heavy atom. The molecule has 1 unspecified atom stereocenters. The van der Waals surface area contributed by atoms with Crippen molar-refractivity contribution in [1.82, 2.24) is 5.32 Å². The van der Waals surface area contributed by atoms with Crippen LogP contribution in [0.15, 0.2) is 45.3 Å². The lowest BCUT2D eigenvalue weighted by atomic mass is 9.99. The predicted octanol–water partition coefficient (Wildman–Crippen LogP) is 5.31. The van der Waals surface area contributed by atoms with Crippen LogP contribution in [0, 0.1) is 5.82 Å². The Hall–Kier alpha value is -0.420. The van der Waals surface area contributed by atoms with Crippen molar-refractivity contribution in [3.8, 4) is 0 Å². The Bertz CT molecular complexity index is 552. The van der Waals surface area contributed by atoms with Crippen molar-refractivity contribution in [3.63, 3.8) is 0 Å². The molecule has 0 aliphatic carbocycles. The van der Waals surface area contributed by atoms with E-state index in [4.69, 9.17) is 11.6 Å². The van der Waals surface area contributed by atoms with Gasteiger partial charge in [0.05, 0.1) is 15.5 Å². The smallest absolute Gasteiger partial charge is 0.137 e. The van der Waals surface area contributed by atoms with Gasteiger partial charge in [0.2, 0.25) is 0 Å². The van der Waals surface area contributed by atoms with Gasteiger partial charge in [-0.25, -0.2) is 4.39 Å². The lowest BCUT2D eigenvalue weighted by Crippen LogP contribution is -2.17. The first-order valence-corrected chi connectivity index (χ1v) is 7.56. The van der Waals surface area contributed by atoms with Crippen LogP contribution in [-0.2, 0) is 0 Å². The standard InChI is InChI=1S/C14H11Br2ClFN/c1-19-14(8-2-4-12(17)10(15)6-8)9-3-5-13(18)11(16)7-9/h2-7,14,19H,1H3. The van der Waals surface area contributed by atoms with Crippen LogP contribution in [0.2, 0.25) is 5.02 Å². The number of benzene rings is 2. The van der Waals surface area contributed by atoms with E-state index < -0.39 is 0 Å². The maximum absolute atomic E-state index is 13.3. The van der Waals surface area contributed by atoms with Crippen molar-refractivity contribution >= 4 is 43.5 Å². The molecule has 5 heteroatoms. The SMILES string of the molecule is CNC(c1ccc(F)c(Br)c1)c1ccc(Cl)c(Br)c1. The molecule has 0 aliphatic rings. The van der Waals surface area contributed by atoms with Crippen LogP contribution in [0.3, 0.4) is 0 Å². The van der Waals surface area contributed by atoms with Crippen LogP contribution in [0.5, 0.6) is 0 Å². The minimum atomic E-state index is -0.268. The monoisotopic (exact) mass is 405 g/mol. The molecule has 0 aromatic heterocycles. The fraction of sp³-hybridized carbons (Fsp3) is 0.143. The number of hydrogen-bond acceptors (Lipinski definition) is 1. The molecule has 0 spiro atoms. The van der Waals surface area contributed by atoms with E-state index in [1.54, 1.807) is 12.1 Å². The second-order valence-electron chi connectivity index (χ2n) is 4.07. The first kappa shape index (κ1) is 15.0. The average Bonchev–Trinajstić information content (AvgIpc) is 2.39. The van der Waals surface area contributed by atoms with E-state index in [0.29, 0.717) is 9.50 Å². The third-order valence-electron chi connectivity index (χ3n) is 2.84. The van der Waals surface area contributed by atoms with Gasteiger partial charge >= 0.3 is 0 Å². The Morgan fingerprint density at radius 3 is 2.16 bits per heavy atom. The summed E-state index contributed by atoms with van der Waals surface area (Å²) in [5.41, 5.74) is 2.03. The second kappa shape index (κ2) is 6.35. The Kier molecular flexibility index (Phi) is 5.01. The van der Waals surface area contributed by atoms with Crippen LogP contribution in [0.25, 0.3) is 0 Å². The topological polar surface area (TPSA) is 12.0 Å². The highest BCUT2D eigenvalue weighted by molar-refractivity contribution is 9.10. The van der Waals surface area contributed by atoms with Gasteiger partial charge < -0.3 is 5.32 Å². The van der Waals surface area contributed by atoms with E-state index in [-0.39, 0.29) is 11.9 Å². The third kappa shape index (κ3) is 3.37. The molecule has 0 bridgehead atoms. The van der Waals surface area contributed by atoms with Crippen molar-refractivity contribution in [2.75, 3.05) is 7.05 Å². The van der Waals surface area contributed by atoms with Crippen LogP contribution in [0.4, 0.5) is 4.39 Å². The van der Waals surface area contributed by atoms with Crippen molar-refractivity contribution in [2.45, 2.75) is 6.04 Å². The van der Waals surface area contributed by atoms with Gasteiger partial charge in [0.25, 0.3) is 0 Å². The summed E-state index contributed by atoms with van der Waals surface area (Å²) in [6.45, 7) is 0. The summed E-state index contributed by atoms with van der Waals surface area (Å²) in [5.74, 6) is -0.268. The molecule has 0 saturated carbocycles. The maximum Gasteiger partial charge on any atom is 0.137 e. The van der Waals surface area contributed by atoms with E-state index in [9.17, 15) is 4.39 Å². The summed E-state index contributed by atoms with van der Waals surface area (Å²) in [6, 6.07) is 10.7. The molecule has 2 aromatic carbocycles.